The molecular weight excluding hydrogens is 434 g/mol. The highest BCUT2D eigenvalue weighted by Crippen LogP contribution is 2.24. The summed E-state index contributed by atoms with van der Waals surface area (Å²) < 4.78 is 33.4. The van der Waals surface area contributed by atoms with E-state index in [4.69, 9.17) is 0 Å². The highest BCUT2D eigenvalue weighted by molar-refractivity contribution is 7.86. The second-order valence-electron chi connectivity index (χ2n) is 7.14. The fourth-order valence-corrected chi connectivity index (χ4v) is 4.02. The van der Waals surface area contributed by atoms with Crippen molar-refractivity contribution >= 4 is 15.8 Å². The topological polar surface area (TPSA) is 132 Å². The molecule has 11 heteroatoms. The number of hydrogen-bond donors (Lipinski definition) is 1. The molecule has 4 aromatic rings. The molecule has 0 amide bonds. The number of tetrazole rings is 1. The molecule has 0 aliphatic heterocycles. The van der Waals surface area contributed by atoms with E-state index in [2.05, 4.69) is 10.2 Å². The number of aromatic nitrogens is 4. The van der Waals surface area contributed by atoms with Crippen LogP contribution in [0.5, 0.6) is 0 Å². The van der Waals surface area contributed by atoms with E-state index >= 15 is 0 Å². The molecule has 0 unspecified atom stereocenters. The fourth-order valence-electron chi connectivity index (χ4n) is 3.33. The van der Waals surface area contributed by atoms with Gasteiger partial charge in [0, 0.05) is 22.5 Å². The second-order valence-corrected chi connectivity index (χ2v) is 8.53. The first-order valence-electron chi connectivity index (χ1n) is 9.44. The highest BCUT2D eigenvalue weighted by Gasteiger charge is 2.29. The van der Waals surface area contributed by atoms with E-state index in [0.29, 0.717) is 11.4 Å². The Labute approximate surface area is 183 Å². The number of benzene rings is 3. The molecule has 0 atom stereocenters. The molecule has 1 heterocycles. The van der Waals surface area contributed by atoms with Crippen molar-refractivity contribution < 1.29 is 22.7 Å². The van der Waals surface area contributed by atoms with E-state index in [-0.39, 0.29) is 22.0 Å². The number of hydrogen-bond acceptors (Lipinski definition) is 6. The SMILES string of the molecule is Cc1ccc(-[n+]2nc(-c3ccccc3S(=O)(=O)O)nn2-c2ccc([N+](=O)[O-])cc2)c(C)c1. The summed E-state index contributed by atoms with van der Waals surface area (Å²) in [6, 6.07) is 17.3. The summed E-state index contributed by atoms with van der Waals surface area (Å²) >= 11 is 0. The lowest BCUT2D eigenvalue weighted by molar-refractivity contribution is -0.734. The van der Waals surface area contributed by atoms with Gasteiger partial charge in [0.2, 0.25) is 0 Å². The molecule has 1 N–H and O–H groups in total. The van der Waals surface area contributed by atoms with Crippen molar-refractivity contribution in [3.63, 3.8) is 0 Å². The summed E-state index contributed by atoms with van der Waals surface area (Å²) in [5.74, 6) is 0.0524. The van der Waals surface area contributed by atoms with Crippen molar-refractivity contribution in [3.8, 4) is 22.8 Å². The summed E-state index contributed by atoms with van der Waals surface area (Å²) in [7, 11) is -4.52. The number of aryl methyl sites for hydroxylation is 2. The molecule has 162 valence electrons. The Morgan fingerprint density at radius 3 is 2.34 bits per heavy atom. The van der Waals surface area contributed by atoms with Crippen molar-refractivity contribution in [3.05, 3.63) is 88.0 Å². The van der Waals surface area contributed by atoms with Gasteiger partial charge in [-0.1, -0.05) is 29.8 Å². The number of rotatable bonds is 5. The highest BCUT2D eigenvalue weighted by atomic mass is 32.2. The van der Waals surface area contributed by atoms with E-state index in [0.717, 1.165) is 11.1 Å². The van der Waals surface area contributed by atoms with Crippen LogP contribution in [0.1, 0.15) is 11.1 Å². The largest absolute Gasteiger partial charge is 0.341 e. The predicted molar refractivity (Wildman–Crippen MR) is 114 cm³/mol. The Bertz CT molecular complexity index is 1450. The Kier molecular flexibility index (Phi) is 5.28. The first kappa shape index (κ1) is 21.3. The Morgan fingerprint density at radius 2 is 1.72 bits per heavy atom. The first-order chi connectivity index (χ1) is 15.1. The van der Waals surface area contributed by atoms with E-state index in [1.54, 1.807) is 6.07 Å². The van der Waals surface area contributed by atoms with Gasteiger partial charge in [0.25, 0.3) is 15.8 Å². The summed E-state index contributed by atoms with van der Waals surface area (Å²) in [5.41, 5.74) is 3.12. The zero-order valence-electron chi connectivity index (χ0n) is 17.1. The minimum Gasteiger partial charge on any atom is -0.282 e. The van der Waals surface area contributed by atoms with Gasteiger partial charge in [-0.15, -0.1) is 0 Å². The van der Waals surface area contributed by atoms with Gasteiger partial charge in [0.15, 0.2) is 5.69 Å². The second kappa shape index (κ2) is 7.94. The van der Waals surface area contributed by atoms with E-state index in [1.807, 2.05) is 32.0 Å². The molecule has 10 nitrogen and oxygen atoms in total. The normalized spacial score (nSPS) is 11.5. The van der Waals surface area contributed by atoms with Gasteiger partial charge in [-0.3, -0.25) is 14.7 Å². The molecular formula is C21H18N5O5S+. The summed E-state index contributed by atoms with van der Waals surface area (Å²) in [6.07, 6.45) is 0. The number of nitro benzene ring substituents is 1. The van der Waals surface area contributed by atoms with Crippen LogP contribution in [-0.4, -0.2) is 32.9 Å². The van der Waals surface area contributed by atoms with Crippen LogP contribution in [0.25, 0.3) is 22.8 Å². The standard InChI is InChI=1S/C21H17N5O5S/c1-14-7-12-19(15(2)13-14)25-23-21(18-5-3-4-6-20(18)32(29,30)31)22-24(25)16-8-10-17(11-9-16)26(27)28/h3-13H,1-2H3/p+1. The molecule has 0 saturated carbocycles. The average Bonchev–Trinajstić information content (AvgIpc) is 3.18. The lowest BCUT2D eigenvalue weighted by Gasteiger charge is -2.03. The fraction of sp³-hybridized carbons (Fsp3) is 0.0952. The van der Waals surface area contributed by atoms with Crippen LogP contribution in [0.4, 0.5) is 5.69 Å². The average molecular weight is 452 g/mol. The monoisotopic (exact) mass is 452 g/mol. The van der Waals surface area contributed by atoms with Crippen LogP contribution in [0.3, 0.4) is 0 Å². The Balaban J connectivity index is 1.97. The van der Waals surface area contributed by atoms with Gasteiger partial charge in [0.05, 0.1) is 15.6 Å². The van der Waals surface area contributed by atoms with Crippen LogP contribution in [0.2, 0.25) is 0 Å². The van der Waals surface area contributed by atoms with Crippen LogP contribution < -0.4 is 4.80 Å². The molecule has 0 aliphatic rings. The van der Waals surface area contributed by atoms with Gasteiger partial charge in [-0.25, -0.2) is 0 Å². The lowest BCUT2D eigenvalue weighted by Crippen LogP contribution is -2.43. The maximum absolute atomic E-state index is 11.9. The summed E-state index contributed by atoms with van der Waals surface area (Å²) in [4.78, 5) is 13.1. The van der Waals surface area contributed by atoms with Crippen molar-refractivity contribution in [1.29, 1.82) is 0 Å². The lowest BCUT2D eigenvalue weighted by atomic mass is 10.1. The van der Waals surface area contributed by atoms with Gasteiger partial charge in [0.1, 0.15) is 10.6 Å². The van der Waals surface area contributed by atoms with Gasteiger partial charge in [-0.2, -0.15) is 8.42 Å². The molecule has 32 heavy (non-hydrogen) atoms. The minimum atomic E-state index is -4.52. The third kappa shape index (κ3) is 3.98. The number of non-ortho nitro benzene ring substituents is 1. The molecule has 0 bridgehead atoms. The Hall–Kier alpha value is -3.96. The van der Waals surface area contributed by atoms with E-state index in [1.165, 1.54) is 52.1 Å². The molecule has 0 fully saturated rings. The van der Waals surface area contributed by atoms with Gasteiger partial charge in [-0.05, 0) is 54.1 Å². The molecule has 1 aromatic heterocycles. The van der Waals surface area contributed by atoms with Crippen LogP contribution >= 0.6 is 0 Å². The molecule has 0 radical (unpaired) electrons. The third-order valence-electron chi connectivity index (χ3n) is 4.82. The van der Waals surface area contributed by atoms with E-state index < -0.39 is 15.0 Å². The van der Waals surface area contributed by atoms with Crippen LogP contribution in [0.15, 0.2) is 71.6 Å². The molecule has 4 rings (SSSR count). The van der Waals surface area contributed by atoms with Gasteiger partial charge < -0.3 is 0 Å². The van der Waals surface area contributed by atoms with Crippen LogP contribution in [-0.2, 0) is 10.1 Å². The predicted octanol–water partition coefficient (Wildman–Crippen LogP) is 2.98. The zero-order valence-corrected chi connectivity index (χ0v) is 17.9. The van der Waals surface area contributed by atoms with Crippen LogP contribution in [0, 0.1) is 24.0 Å². The maximum atomic E-state index is 11.9. The van der Waals surface area contributed by atoms with E-state index in [9.17, 15) is 23.1 Å². The quantitative estimate of drug-likeness (QED) is 0.213. The minimum absolute atomic E-state index is 0.0524. The smallest absolute Gasteiger partial charge is 0.282 e. The van der Waals surface area contributed by atoms with Crippen molar-refractivity contribution in [2.45, 2.75) is 18.7 Å². The molecule has 0 aliphatic carbocycles. The van der Waals surface area contributed by atoms with Crippen molar-refractivity contribution in [2.24, 2.45) is 0 Å². The maximum Gasteiger partial charge on any atom is 0.341 e. The summed E-state index contributed by atoms with van der Waals surface area (Å²) in [5, 5.41) is 20.0. The molecule has 0 spiro atoms. The summed E-state index contributed by atoms with van der Waals surface area (Å²) in [6.45, 7) is 3.85. The molecule has 3 aromatic carbocycles. The van der Waals surface area contributed by atoms with Gasteiger partial charge >= 0.3 is 5.82 Å². The third-order valence-corrected chi connectivity index (χ3v) is 5.74. The first-order valence-corrected chi connectivity index (χ1v) is 10.9. The molecule has 0 saturated heterocycles. The van der Waals surface area contributed by atoms with Crippen molar-refractivity contribution in [2.75, 3.05) is 0 Å². The van der Waals surface area contributed by atoms with Crippen molar-refractivity contribution in [1.82, 2.24) is 15.0 Å². The number of nitro groups is 1. The zero-order chi connectivity index (χ0) is 23.0. The number of nitrogens with zero attached hydrogens (tertiary/aromatic N) is 5. The Morgan fingerprint density at radius 1 is 1.03 bits per heavy atom.